The number of nitrogens with zero attached hydrogens (tertiary/aromatic N) is 2. The van der Waals surface area contributed by atoms with Gasteiger partial charge in [0.25, 0.3) is 5.91 Å². The van der Waals surface area contributed by atoms with Crippen molar-refractivity contribution in [2.24, 2.45) is 0 Å². The molecule has 0 fully saturated rings. The highest BCUT2D eigenvalue weighted by Crippen LogP contribution is 2.26. The number of para-hydroxylation sites is 2. The molecule has 28 heavy (non-hydrogen) atoms. The van der Waals surface area contributed by atoms with Crippen LogP contribution in [-0.4, -0.2) is 36.1 Å². The van der Waals surface area contributed by atoms with Gasteiger partial charge in [0.05, 0.1) is 24.4 Å². The number of hydrogen-bond donors (Lipinski definition) is 2. The lowest BCUT2D eigenvalue weighted by atomic mass is 10.3. The number of aromatic nitrogens is 2. The number of carbonyl (C=O) groups excluding carboxylic acids is 1. The third kappa shape index (κ3) is 5.11. The zero-order valence-corrected chi connectivity index (χ0v) is 16.9. The van der Waals surface area contributed by atoms with E-state index < -0.39 is 0 Å². The Hall–Kier alpha value is -2.84. The molecule has 0 aliphatic carbocycles. The molecular weight excluding hydrogens is 400 g/mol. The third-order valence-electron chi connectivity index (χ3n) is 3.68. The van der Waals surface area contributed by atoms with Crippen LogP contribution in [0.15, 0.2) is 42.6 Å². The number of thiazole rings is 1. The van der Waals surface area contributed by atoms with E-state index in [1.54, 1.807) is 32.4 Å². The quantitative estimate of drug-likeness (QED) is 0.536. The summed E-state index contributed by atoms with van der Waals surface area (Å²) in [5.74, 6) is 1.69. The molecular formula is C19H19ClN4O3S. The van der Waals surface area contributed by atoms with Gasteiger partial charge in [-0.25, -0.2) is 9.97 Å². The van der Waals surface area contributed by atoms with E-state index in [0.717, 1.165) is 0 Å². The Balaban J connectivity index is 1.53. The molecule has 7 nitrogen and oxygen atoms in total. The molecule has 2 N–H and O–H groups in total. The van der Waals surface area contributed by atoms with Crippen LogP contribution in [0.25, 0.3) is 0 Å². The SMILES string of the molecule is COc1ccccc1OCCNC(=O)c1sc(Nc2ccc(Cl)cn2)nc1C. The van der Waals surface area contributed by atoms with Gasteiger partial charge in [-0.05, 0) is 31.2 Å². The number of rotatable bonds is 8. The van der Waals surface area contributed by atoms with Gasteiger partial charge in [-0.15, -0.1) is 0 Å². The Kier molecular flexibility index (Phi) is 6.67. The van der Waals surface area contributed by atoms with Crippen LogP contribution in [0.5, 0.6) is 11.5 Å². The smallest absolute Gasteiger partial charge is 0.263 e. The number of ether oxygens (including phenoxy) is 2. The van der Waals surface area contributed by atoms with Crippen LogP contribution >= 0.6 is 22.9 Å². The standard InChI is InChI=1S/C19H19ClN4O3S/c1-12-17(28-19(23-12)24-16-8-7-13(20)11-22-16)18(25)21-9-10-27-15-6-4-3-5-14(15)26-2/h3-8,11H,9-10H2,1-2H3,(H,21,25)(H,22,23,24). The number of benzene rings is 1. The molecule has 146 valence electrons. The lowest BCUT2D eigenvalue weighted by molar-refractivity contribution is 0.0950. The van der Waals surface area contributed by atoms with Crippen molar-refractivity contribution in [3.63, 3.8) is 0 Å². The van der Waals surface area contributed by atoms with Crippen LogP contribution < -0.4 is 20.1 Å². The van der Waals surface area contributed by atoms with Crippen LogP contribution in [0.4, 0.5) is 10.9 Å². The molecule has 0 radical (unpaired) electrons. The number of methoxy groups -OCH3 is 1. The van der Waals surface area contributed by atoms with Crippen LogP contribution in [0, 0.1) is 6.92 Å². The van der Waals surface area contributed by atoms with Gasteiger partial charge < -0.3 is 20.1 Å². The fourth-order valence-corrected chi connectivity index (χ4v) is 3.37. The second-order valence-electron chi connectivity index (χ2n) is 5.68. The van der Waals surface area contributed by atoms with Gasteiger partial charge in [0, 0.05) is 6.20 Å². The number of anilines is 2. The molecule has 0 spiro atoms. The van der Waals surface area contributed by atoms with Crippen molar-refractivity contribution in [1.29, 1.82) is 0 Å². The first-order valence-corrected chi connectivity index (χ1v) is 9.66. The van der Waals surface area contributed by atoms with Crippen LogP contribution in [0.3, 0.4) is 0 Å². The molecule has 0 saturated carbocycles. The number of aryl methyl sites for hydroxylation is 1. The van der Waals surface area contributed by atoms with E-state index in [4.69, 9.17) is 21.1 Å². The third-order valence-corrected chi connectivity index (χ3v) is 4.97. The van der Waals surface area contributed by atoms with E-state index in [0.29, 0.717) is 51.2 Å². The summed E-state index contributed by atoms with van der Waals surface area (Å²) in [7, 11) is 1.59. The molecule has 3 rings (SSSR count). The highest BCUT2D eigenvalue weighted by Gasteiger charge is 2.15. The molecule has 0 saturated heterocycles. The minimum Gasteiger partial charge on any atom is -0.493 e. The van der Waals surface area contributed by atoms with Crippen molar-refractivity contribution in [1.82, 2.24) is 15.3 Å². The largest absolute Gasteiger partial charge is 0.493 e. The van der Waals surface area contributed by atoms with Crippen molar-refractivity contribution in [2.45, 2.75) is 6.92 Å². The average molecular weight is 419 g/mol. The summed E-state index contributed by atoms with van der Waals surface area (Å²) in [4.78, 5) is 21.5. The zero-order valence-electron chi connectivity index (χ0n) is 15.4. The maximum atomic E-state index is 12.4. The van der Waals surface area contributed by atoms with Crippen LogP contribution in [0.1, 0.15) is 15.4 Å². The van der Waals surface area contributed by atoms with Gasteiger partial charge in [-0.3, -0.25) is 4.79 Å². The molecule has 0 unspecified atom stereocenters. The molecule has 2 heterocycles. The van der Waals surface area contributed by atoms with Crippen molar-refractivity contribution in [2.75, 3.05) is 25.6 Å². The van der Waals surface area contributed by atoms with Crippen LogP contribution in [0.2, 0.25) is 5.02 Å². The second kappa shape index (κ2) is 9.38. The van der Waals surface area contributed by atoms with Gasteiger partial charge in [0.1, 0.15) is 17.3 Å². The fourth-order valence-electron chi connectivity index (χ4n) is 2.36. The molecule has 0 bridgehead atoms. The first kappa shape index (κ1) is 19.9. The predicted octanol–water partition coefficient (Wildman–Crippen LogP) is 4.06. The Bertz CT molecular complexity index is 947. The zero-order chi connectivity index (χ0) is 19.9. The highest BCUT2D eigenvalue weighted by atomic mass is 35.5. The Morgan fingerprint density at radius 2 is 2.00 bits per heavy atom. The molecule has 2 aromatic heterocycles. The van der Waals surface area contributed by atoms with Crippen molar-refractivity contribution < 1.29 is 14.3 Å². The van der Waals surface area contributed by atoms with Gasteiger partial charge in [0.2, 0.25) is 0 Å². The normalized spacial score (nSPS) is 10.4. The second-order valence-corrected chi connectivity index (χ2v) is 7.11. The molecule has 0 aliphatic rings. The lowest BCUT2D eigenvalue weighted by Crippen LogP contribution is -2.28. The minimum atomic E-state index is -0.198. The summed E-state index contributed by atoms with van der Waals surface area (Å²) in [5.41, 5.74) is 0.643. The van der Waals surface area contributed by atoms with Gasteiger partial charge in [-0.2, -0.15) is 0 Å². The summed E-state index contributed by atoms with van der Waals surface area (Å²) in [6.45, 7) is 2.47. The fraction of sp³-hybridized carbons (Fsp3) is 0.211. The summed E-state index contributed by atoms with van der Waals surface area (Å²) < 4.78 is 10.9. The predicted molar refractivity (Wildman–Crippen MR) is 110 cm³/mol. The highest BCUT2D eigenvalue weighted by molar-refractivity contribution is 7.17. The van der Waals surface area contributed by atoms with E-state index in [-0.39, 0.29) is 5.91 Å². The summed E-state index contributed by atoms with van der Waals surface area (Å²) in [6, 6.07) is 10.8. The first-order chi connectivity index (χ1) is 13.6. The molecule has 1 amide bonds. The molecule has 0 aliphatic heterocycles. The molecule has 9 heteroatoms. The van der Waals surface area contributed by atoms with Gasteiger partial charge >= 0.3 is 0 Å². The monoisotopic (exact) mass is 418 g/mol. The van der Waals surface area contributed by atoms with E-state index in [9.17, 15) is 4.79 Å². The van der Waals surface area contributed by atoms with Crippen LogP contribution in [-0.2, 0) is 0 Å². The number of nitrogens with one attached hydrogen (secondary N) is 2. The molecule has 3 aromatic rings. The van der Waals surface area contributed by atoms with E-state index in [1.807, 2.05) is 24.3 Å². The van der Waals surface area contributed by atoms with Crippen molar-refractivity contribution in [3.05, 3.63) is 58.2 Å². The Morgan fingerprint density at radius 1 is 1.21 bits per heavy atom. The van der Waals surface area contributed by atoms with Crippen molar-refractivity contribution >= 4 is 39.8 Å². The molecule has 1 aromatic carbocycles. The van der Waals surface area contributed by atoms with Crippen molar-refractivity contribution in [3.8, 4) is 11.5 Å². The summed E-state index contributed by atoms with van der Waals surface area (Å²) in [5, 5.41) is 7.04. The topological polar surface area (TPSA) is 85.4 Å². The number of halogens is 1. The minimum absolute atomic E-state index is 0.198. The number of hydrogen-bond acceptors (Lipinski definition) is 7. The summed E-state index contributed by atoms with van der Waals surface area (Å²) in [6.07, 6.45) is 1.54. The number of pyridine rings is 1. The van der Waals surface area contributed by atoms with E-state index >= 15 is 0 Å². The lowest BCUT2D eigenvalue weighted by Gasteiger charge is -2.10. The van der Waals surface area contributed by atoms with Gasteiger partial charge in [-0.1, -0.05) is 35.1 Å². The van der Waals surface area contributed by atoms with E-state index in [1.165, 1.54) is 11.3 Å². The number of amides is 1. The van der Waals surface area contributed by atoms with Gasteiger partial charge in [0.15, 0.2) is 16.6 Å². The number of carbonyl (C=O) groups is 1. The Morgan fingerprint density at radius 3 is 2.71 bits per heavy atom. The first-order valence-electron chi connectivity index (χ1n) is 8.47. The Labute approximate surface area is 171 Å². The maximum Gasteiger partial charge on any atom is 0.263 e. The molecule has 0 atom stereocenters. The average Bonchev–Trinajstić information content (AvgIpc) is 3.07. The maximum absolute atomic E-state index is 12.4. The van der Waals surface area contributed by atoms with E-state index in [2.05, 4.69) is 20.6 Å². The summed E-state index contributed by atoms with van der Waals surface area (Å²) >= 11 is 7.09.